The molecule has 1 saturated heterocycles. The molecule has 3 N–H and O–H groups in total. The SMILES string of the molecule is Cc1nn(C)c(NC2CCOC(C)C2)c1N. The first kappa shape index (κ1) is 11.3. The van der Waals surface area contributed by atoms with E-state index in [4.69, 9.17) is 10.5 Å². The average molecular weight is 224 g/mol. The zero-order valence-electron chi connectivity index (χ0n) is 10.2. The number of nitrogens with zero attached hydrogens (tertiary/aromatic N) is 2. The fourth-order valence-electron chi connectivity index (χ4n) is 2.17. The van der Waals surface area contributed by atoms with E-state index in [-0.39, 0.29) is 0 Å². The summed E-state index contributed by atoms with van der Waals surface area (Å²) >= 11 is 0. The van der Waals surface area contributed by atoms with Gasteiger partial charge >= 0.3 is 0 Å². The molecule has 1 aromatic rings. The molecule has 5 heteroatoms. The van der Waals surface area contributed by atoms with Crippen molar-refractivity contribution in [3.05, 3.63) is 5.69 Å². The highest BCUT2D eigenvalue weighted by Crippen LogP contribution is 2.24. The van der Waals surface area contributed by atoms with Crippen LogP contribution >= 0.6 is 0 Å². The molecule has 0 spiro atoms. The lowest BCUT2D eigenvalue weighted by atomic mass is 10.0. The lowest BCUT2D eigenvalue weighted by Gasteiger charge is -2.28. The zero-order valence-corrected chi connectivity index (χ0v) is 10.2. The van der Waals surface area contributed by atoms with E-state index in [9.17, 15) is 0 Å². The molecule has 0 aliphatic carbocycles. The van der Waals surface area contributed by atoms with Crippen LogP contribution in [0.2, 0.25) is 0 Å². The fraction of sp³-hybridized carbons (Fsp3) is 0.727. The first-order chi connectivity index (χ1) is 7.58. The number of hydrogen-bond donors (Lipinski definition) is 2. The van der Waals surface area contributed by atoms with Gasteiger partial charge in [0, 0.05) is 19.7 Å². The molecule has 2 unspecified atom stereocenters. The maximum absolute atomic E-state index is 5.98. The average Bonchev–Trinajstić information content (AvgIpc) is 2.45. The van der Waals surface area contributed by atoms with E-state index in [0.29, 0.717) is 12.1 Å². The van der Waals surface area contributed by atoms with Gasteiger partial charge in [0.2, 0.25) is 0 Å². The summed E-state index contributed by atoms with van der Waals surface area (Å²) in [6.45, 7) is 4.84. The van der Waals surface area contributed by atoms with E-state index in [1.807, 2.05) is 18.7 Å². The second kappa shape index (κ2) is 4.33. The van der Waals surface area contributed by atoms with Gasteiger partial charge in [0.15, 0.2) is 0 Å². The Labute approximate surface area is 96.0 Å². The van der Waals surface area contributed by atoms with E-state index in [1.54, 1.807) is 0 Å². The number of aromatic nitrogens is 2. The molecule has 16 heavy (non-hydrogen) atoms. The van der Waals surface area contributed by atoms with Gasteiger partial charge in [0.1, 0.15) is 5.82 Å². The zero-order chi connectivity index (χ0) is 11.7. The lowest BCUT2D eigenvalue weighted by Crippen LogP contribution is -2.33. The number of rotatable bonds is 2. The molecule has 90 valence electrons. The van der Waals surface area contributed by atoms with E-state index in [2.05, 4.69) is 17.3 Å². The minimum Gasteiger partial charge on any atom is -0.394 e. The third-order valence-electron chi connectivity index (χ3n) is 3.09. The normalized spacial score (nSPS) is 25.7. The highest BCUT2D eigenvalue weighted by atomic mass is 16.5. The van der Waals surface area contributed by atoms with Gasteiger partial charge in [-0.15, -0.1) is 0 Å². The van der Waals surface area contributed by atoms with Gasteiger partial charge in [0.05, 0.1) is 17.5 Å². The van der Waals surface area contributed by atoms with Gasteiger partial charge < -0.3 is 15.8 Å². The molecular weight excluding hydrogens is 204 g/mol. The van der Waals surface area contributed by atoms with Crippen molar-refractivity contribution in [1.29, 1.82) is 0 Å². The smallest absolute Gasteiger partial charge is 0.147 e. The Kier molecular flexibility index (Phi) is 3.05. The summed E-state index contributed by atoms with van der Waals surface area (Å²) in [7, 11) is 1.91. The Morgan fingerprint density at radius 3 is 2.88 bits per heavy atom. The van der Waals surface area contributed by atoms with Crippen molar-refractivity contribution in [3.8, 4) is 0 Å². The number of nitrogens with two attached hydrogens (primary N) is 1. The first-order valence-corrected chi connectivity index (χ1v) is 5.75. The Bertz CT molecular complexity index is 374. The highest BCUT2D eigenvalue weighted by molar-refractivity contribution is 5.64. The van der Waals surface area contributed by atoms with Crippen molar-refractivity contribution < 1.29 is 4.74 Å². The number of aryl methyl sites for hydroxylation is 2. The molecule has 0 radical (unpaired) electrons. The molecule has 0 aromatic carbocycles. The predicted octanol–water partition coefficient (Wildman–Crippen LogP) is 1.29. The van der Waals surface area contributed by atoms with E-state index < -0.39 is 0 Å². The van der Waals surface area contributed by atoms with E-state index in [0.717, 1.165) is 36.6 Å². The second-order valence-corrected chi connectivity index (χ2v) is 4.52. The fourth-order valence-corrected chi connectivity index (χ4v) is 2.17. The highest BCUT2D eigenvalue weighted by Gasteiger charge is 2.21. The van der Waals surface area contributed by atoms with Crippen molar-refractivity contribution in [2.75, 3.05) is 17.7 Å². The first-order valence-electron chi connectivity index (χ1n) is 5.75. The molecule has 0 amide bonds. The van der Waals surface area contributed by atoms with Crippen molar-refractivity contribution in [2.24, 2.45) is 7.05 Å². The molecule has 1 aliphatic rings. The summed E-state index contributed by atoms with van der Waals surface area (Å²) in [5, 5.41) is 7.76. The van der Waals surface area contributed by atoms with Gasteiger partial charge in [-0.2, -0.15) is 5.10 Å². The molecule has 5 nitrogen and oxygen atoms in total. The third-order valence-corrected chi connectivity index (χ3v) is 3.09. The van der Waals surface area contributed by atoms with Crippen molar-refractivity contribution in [2.45, 2.75) is 38.8 Å². The van der Waals surface area contributed by atoms with Gasteiger partial charge in [-0.3, -0.25) is 4.68 Å². The van der Waals surface area contributed by atoms with Crippen LogP contribution < -0.4 is 11.1 Å². The molecule has 2 heterocycles. The van der Waals surface area contributed by atoms with Crippen LogP contribution in [-0.2, 0) is 11.8 Å². The van der Waals surface area contributed by atoms with Crippen LogP contribution in [0.15, 0.2) is 0 Å². The summed E-state index contributed by atoms with van der Waals surface area (Å²) < 4.78 is 7.33. The van der Waals surface area contributed by atoms with Gasteiger partial charge in [-0.1, -0.05) is 0 Å². The van der Waals surface area contributed by atoms with Crippen LogP contribution in [0.5, 0.6) is 0 Å². The van der Waals surface area contributed by atoms with Crippen LogP contribution in [-0.4, -0.2) is 28.5 Å². The minimum absolute atomic E-state index is 0.321. The number of nitrogens with one attached hydrogen (secondary N) is 1. The summed E-state index contributed by atoms with van der Waals surface area (Å²) in [6, 6.07) is 0.431. The summed E-state index contributed by atoms with van der Waals surface area (Å²) in [4.78, 5) is 0. The maximum atomic E-state index is 5.98. The molecular formula is C11H20N4O. The van der Waals surface area contributed by atoms with Crippen LogP contribution in [0.25, 0.3) is 0 Å². The molecule has 1 fully saturated rings. The molecule has 0 bridgehead atoms. The number of anilines is 2. The van der Waals surface area contributed by atoms with E-state index in [1.165, 1.54) is 0 Å². The lowest BCUT2D eigenvalue weighted by molar-refractivity contribution is 0.0231. The van der Waals surface area contributed by atoms with Gasteiger partial charge in [-0.25, -0.2) is 0 Å². The van der Waals surface area contributed by atoms with Crippen molar-refractivity contribution >= 4 is 11.5 Å². The number of hydrogen-bond acceptors (Lipinski definition) is 4. The van der Waals surface area contributed by atoms with Crippen LogP contribution in [0.4, 0.5) is 11.5 Å². The summed E-state index contributed by atoms with van der Waals surface area (Å²) in [5.74, 6) is 0.927. The molecule has 1 aliphatic heterocycles. The largest absolute Gasteiger partial charge is 0.394 e. The second-order valence-electron chi connectivity index (χ2n) is 4.52. The Morgan fingerprint density at radius 1 is 1.56 bits per heavy atom. The standard InChI is InChI=1S/C11H20N4O/c1-7-6-9(4-5-16-7)13-11-10(12)8(2)14-15(11)3/h7,9,13H,4-6,12H2,1-3H3. The maximum Gasteiger partial charge on any atom is 0.147 e. The Hall–Kier alpha value is -1.23. The molecule has 2 rings (SSSR count). The quantitative estimate of drug-likeness (QED) is 0.794. The molecule has 0 saturated carbocycles. The number of nitrogen functional groups attached to an aromatic ring is 1. The monoisotopic (exact) mass is 224 g/mol. The number of ether oxygens (including phenoxy) is 1. The van der Waals surface area contributed by atoms with Crippen LogP contribution in [0.3, 0.4) is 0 Å². The topological polar surface area (TPSA) is 65.1 Å². The Morgan fingerprint density at radius 2 is 2.31 bits per heavy atom. The minimum atomic E-state index is 0.321. The van der Waals surface area contributed by atoms with Gasteiger partial charge in [-0.05, 0) is 26.7 Å². The summed E-state index contributed by atoms with van der Waals surface area (Å²) in [5.41, 5.74) is 7.61. The Balaban J connectivity index is 2.08. The summed E-state index contributed by atoms with van der Waals surface area (Å²) in [6.07, 6.45) is 2.36. The molecule has 1 aromatic heterocycles. The van der Waals surface area contributed by atoms with Crippen molar-refractivity contribution in [1.82, 2.24) is 9.78 Å². The predicted molar refractivity (Wildman–Crippen MR) is 64.4 cm³/mol. The van der Waals surface area contributed by atoms with Crippen LogP contribution in [0, 0.1) is 6.92 Å². The van der Waals surface area contributed by atoms with Gasteiger partial charge in [0.25, 0.3) is 0 Å². The third kappa shape index (κ3) is 2.14. The van der Waals surface area contributed by atoms with Crippen molar-refractivity contribution in [3.63, 3.8) is 0 Å². The van der Waals surface area contributed by atoms with Crippen LogP contribution in [0.1, 0.15) is 25.5 Å². The molecule has 2 atom stereocenters. The van der Waals surface area contributed by atoms with E-state index >= 15 is 0 Å².